The number of hydrogen-bond donors (Lipinski definition) is 1. The number of furan rings is 1. The van der Waals surface area contributed by atoms with Crippen molar-refractivity contribution < 1.29 is 9.21 Å². The standard InChI is InChI=1S/C23H22N4O2S/c1-17-9-11-19(12-10-17)22-24-25-23(30)27(22)16-21(28)26(15-20-8-5-13-29-20)14-18-6-3-2-4-7-18/h2-13H,14-16H2,1H3,(H,25,30). The number of aromatic amines is 1. The van der Waals surface area contributed by atoms with Gasteiger partial charge in [-0.3, -0.25) is 14.5 Å². The van der Waals surface area contributed by atoms with Gasteiger partial charge in [0.15, 0.2) is 10.6 Å². The number of aromatic nitrogens is 3. The molecule has 0 saturated heterocycles. The van der Waals surface area contributed by atoms with E-state index in [1.165, 1.54) is 0 Å². The average molecular weight is 419 g/mol. The second kappa shape index (κ2) is 8.92. The van der Waals surface area contributed by atoms with Crippen LogP contribution in [0.3, 0.4) is 0 Å². The van der Waals surface area contributed by atoms with E-state index in [1.807, 2.05) is 73.7 Å². The van der Waals surface area contributed by atoms with E-state index in [2.05, 4.69) is 10.2 Å². The molecule has 30 heavy (non-hydrogen) atoms. The monoisotopic (exact) mass is 418 g/mol. The van der Waals surface area contributed by atoms with Crippen molar-refractivity contribution in [3.63, 3.8) is 0 Å². The number of hydrogen-bond acceptors (Lipinski definition) is 4. The predicted molar refractivity (Wildman–Crippen MR) is 117 cm³/mol. The summed E-state index contributed by atoms with van der Waals surface area (Å²) in [5.41, 5.74) is 3.11. The van der Waals surface area contributed by atoms with Crippen molar-refractivity contribution in [2.24, 2.45) is 0 Å². The molecule has 0 unspecified atom stereocenters. The quantitative estimate of drug-likeness (QED) is 0.440. The molecule has 4 aromatic rings. The van der Waals surface area contributed by atoms with Crippen LogP contribution in [0.15, 0.2) is 77.4 Å². The van der Waals surface area contributed by atoms with E-state index >= 15 is 0 Å². The fourth-order valence-electron chi connectivity index (χ4n) is 3.25. The summed E-state index contributed by atoms with van der Waals surface area (Å²) in [6.45, 7) is 2.98. The minimum Gasteiger partial charge on any atom is -0.467 e. The van der Waals surface area contributed by atoms with Crippen LogP contribution in [-0.2, 0) is 24.4 Å². The van der Waals surface area contributed by atoms with Crippen LogP contribution in [0.1, 0.15) is 16.9 Å². The second-order valence-corrected chi connectivity index (χ2v) is 7.51. The first kappa shape index (κ1) is 19.8. The highest BCUT2D eigenvalue weighted by Crippen LogP contribution is 2.19. The molecule has 7 heteroatoms. The Hall–Kier alpha value is -3.45. The summed E-state index contributed by atoms with van der Waals surface area (Å²) in [6, 6.07) is 21.6. The number of rotatable bonds is 7. The van der Waals surface area contributed by atoms with Crippen LogP contribution in [0.2, 0.25) is 0 Å². The molecule has 4 rings (SSSR count). The number of aryl methyl sites for hydroxylation is 1. The van der Waals surface area contributed by atoms with Gasteiger partial charge in [0.1, 0.15) is 12.3 Å². The molecule has 2 aromatic carbocycles. The van der Waals surface area contributed by atoms with E-state index in [0.29, 0.717) is 23.7 Å². The van der Waals surface area contributed by atoms with Crippen molar-refractivity contribution in [3.8, 4) is 11.4 Å². The van der Waals surface area contributed by atoms with Crippen molar-refractivity contribution in [1.82, 2.24) is 19.7 Å². The number of nitrogens with one attached hydrogen (secondary N) is 1. The fraction of sp³-hybridized carbons (Fsp3) is 0.174. The number of amides is 1. The van der Waals surface area contributed by atoms with Crippen LogP contribution in [0.5, 0.6) is 0 Å². The zero-order valence-electron chi connectivity index (χ0n) is 16.6. The normalized spacial score (nSPS) is 10.8. The Morgan fingerprint density at radius 1 is 1.07 bits per heavy atom. The first-order valence-corrected chi connectivity index (χ1v) is 10.1. The van der Waals surface area contributed by atoms with E-state index in [4.69, 9.17) is 16.6 Å². The average Bonchev–Trinajstić information content (AvgIpc) is 3.39. The number of carbonyl (C=O) groups is 1. The molecule has 1 N–H and O–H groups in total. The second-order valence-electron chi connectivity index (χ2n) is 7.12. The third kappa shape index (κ3) is 4.58. The van der Waals surface area contributed by atoms with E-state index in [9.17, 15) is 4.79 Å². The Labute approximate surface area is 179 Å². The maximum absolute atomic E-state index is 13.3. The molecule has 0 aliphatic carbocycles. The Kier molecular flexibility index (Phi) is 5.90. The highest BCUT2D eigenvalue weighted by atomic mass is 32.1. The molecular formula is C23H22N4O2S. The van der Waals surface area contributed by atoms with Crippen LogP contribution in [0.25, 0.3) is 11.4 Å². The van der Waals surface area contributed by atoms with Gasteiger partial charge in [0.25, 0.3) is 0 Å². The van der Waals surface area contributed by atoms with Gasteiger partial charge in [-0.15, -0.1) is 0 Å². The lowest BCUT2D eigenvalue weighted by Gasteiger charge is -2.22. The zero-order chi connectivity index (χ0) is 20.9. The number of H-pyrrole nitrogens is 1. The maximum atomic E-state index is 13.3. The molecule has 152 valence electrons. The zero-order valence-corrected chi connectivity index (χ0v) is 17.4. The first-order valence-electron chi connectivity index (χ1n) is 9.66. The molecule has 0 atom stereocenters. The van der Waals surface area contributed by atoms with Crippen LogP contribution < -0.4 is 0 Å². The third-order valence-electron chi connectivity index (χ3n) is 4.86. The Balaban J connectivity index is 1.60. The van der Waals surface area contributed by atoms with Gasteiger partial charge in [-0.05, 0) is 36.8 Å². The van der Waals surface area contributed by atoms with Gasteiger partial charge < -0.3 is 9.32 Å². The molecule has 0 fully saturated rings. The first-order chi connectivity index (χ1) is 14.6. The van der Waals surface area contributed by atoms with Gasteiger partial charge in [-0.1, -0.05) is 60.2 Å². The lowest BCUT2D eigenvalue weighted by atomic mass is 10.1. The molecule has 0 bridgehead atoms. The van der Waals surface area contributed by atoms with Gasteiger partial charge >= 0.3 is 0 Å². The van der Waals surface area contributed by atoms with Gasteiger partial charge in [-0.2, -0.15) is 5.10 Å². The Morgan fingerprint density at radius 2 is 1.83 bits per heavy atom. The van der Waals surface area contributed by atoms with Crippen LogP contribution >= 0.6 is 12.2 Å². The van der Waals surface area contributed by atoms with Gasteiger partial charge in [0.05, 0.1) is 12.8 Å². The minimum absolute atomic E-state index is 0.0684. The SMILES string of the molecule is Cc1ccc(-c2n[nH]c(=S)n2CC(=O)N(Cc2ccccc2)Cc2ccco2)cc1. The van der Waals surface area contributed by atoms with Crippen LogP contribution in [0.4, 0.5) is 0 Å². The van der Waals surface area contributed by atoms with E-state index in [1.54, 1.807) is 15.7 Å². The van der Waals surface area contributed by atoms with Crippen molar-refractivity contribution in [2.45, 2.75) is 26.6 Å². The summed E-state index contributed by atoms with van der Waals surface area (Å²) in [5, 5.41) is 7.16. The molecule has 0 aliphatic heterocycles. The largest absolute Gasteiger partial charge is 0.467 e. The molecule has 0 aliphatic rings. The molecule has 0 saturated carbocycles. The molecule has 0 spiro atoms. The van der Waals surface area contributed by atoms with E-state index in [-0.39, 0.29) is 12.5 Å². The maximum Gasteiger partial charge on any atom is 0.243 e. The summed E-state index contributed by atoms with van der Waals surface area (Å²) >= 11 is 5.40. The van der Waals surface area contributed by atoms with E-state index in [0.717, 1.165) is 22.5 Å². The molecule has 2 aromatic heterocycles. The Morgan fingerprint density at radius 3 is 2.53 bits per heavy atom. The van der Waals surface area contributed by atoms with Gasteiger partial charge in [0.2, 0.25) is 5.91 Å². The molecule has 2 heterocycles. The number of benzene rings is 2. The minimum atomic E-state index is -0.0684. The molecule has 6 nitrogen and oxygen atoms in total. The fourth-order valence-corrected chi connectivity index (χ4v) is 3.45. The lowest BCUT2D eigenvalue weighted by molar-refractivity contribution is -0.133. The summed E-state index contributed by atoms with van der Waals surface area (Å²) in [5.74, 6) is 1.31. The van der Waals surface area contributed by atoms with E-state index < -0.39 is 0 Å². The summed E-state index contributed by atoms with van der Waals surface area (Å²) in [7, 11) is 0. The van der Waals surface area contributed by atoms with Crippen molar-refractivity contribution in [3.05, 3.63) is 94.7 Å². The van der Waals surface area contributed by atoms with Crippen molar-refractivity contribution in [1.29, 1.82) is 0 Å². The summed E-state index contributed by atoms with van der Waals surface area (Å²) < 4.78 is 7.63. The molecule has 0 radical (unpaired) electrons. The molecule has 1 amide bonds. The third-order valence-corrected chi connectivity index (χ3v) is 5.17. The molecular weight excluding hydrogens is 396 g/mol. The Bertz CT molecular complexity index is 1160. The number of nitrogens with zero attached hydrogens (tertiary/aromatic N) is 3. The van der Waals surface area contributed by atoms with Gasteiger partial charge in [-0.25, -0.2) is 0 Å². The summed E-state index contributed by atoms with van der Waals surface area (Å²) in [6.07, 6.45) is 1.61. The topological polar surface area (TPSA) is 67.1 Å². The smallest absolute Gasteiger partial charge is 0.243 e. The van der Waals surface area contributed by atoms with Crippen molar-refractivity contribution in [2.75, 3.05) is 0 Å². The van der Waals surface area contributed by atoms with Crippen LogP contribution in [-0.4, -0.2) is 25.6 Å². The summed E-state index contributed by atoms with van der Waals surface area (Å²) in [4.78, 5) is 15.1. The van der Waals surface area contributed by atoms with Gasteiger partial charge in [0, 0.05) is 12.1 Å². The van der Waals surface area contributed by atoms with Crippen molar-refractivity contribution >= 4 is 18.1 Å². The predicted octanol–water partition coefficient (Wildman–Crippen LogP) is 4.74. The number of carbonyl (C=O) groups excluding carboxylic acids is 1. The highest BCUT2D eigenvalue weighted by molar-refractivity contribution is 7.71. The lowest BCUT2D eigenvalue weighted by Crippen LogP contribution is -2.33. The van der Waals surface area contributed by atoms with Crippen LogP contribution in [0, 0.1) is 11.7 Å². The highest BCUT2D eigenvalue weighted by Gasteiger charge is 2.19.